The van der Waals surface area contributed by atoms with E-state index in [1.807, 2.05) is 31.2 Å². The maximum atomic E-state index is 10.7. The third-order valence-electron chi connectivity index (χ3n) is 3.00. The van der Waals surface area contributed by atoms with Crippen molar-refractivity contribution >= 4 is 11.7 Å². The monoisotopic (exact) mass is 263 g/mol. The average molecular weight is 263 g/mol. The molecule has 0 heterocycles. The molecule has 0 fully saturated rings. The summed E-state index contributed by atoms with van der Waals surface area (Å²) in [4.78, 5) is 10.7. The number of ether oxygens (including phenoxy) is 1. The van der Waals surface area contributed by atoms with Gasteiger partial charge in [-0.15, -0.1) is 0 Å². The Balaban J connectivity index is 2.95. The van der Waals surface area contributed by atoms with E-state index in [4.69, 9.17) is 10.5 Å². The van der Waals surface area contributed by atoms with E-state index >= 15 is 0 Å². The van der Waals surface area contributed by atoms with E-state index < -0.39 is 6.03 Å². The van der Waals surface area contributed by atoms with Gasteiger partial charge in [0.05, 0.1) is 7.11 Å². The number of hydrogen-bond acceptors (Lipinski definition) is 3. The zero-order valence-electron chi connectivity index (χ0n) is 11.6. The first-order valence-corrected chi connectivity index (χ1v) is 6.38. The number of primary amides is 1. The molecule has 1 atom stereocenters. The molecule has 0 aliphatic heterocycles. The summed E-state index contributed by atoms with van der Waals surface area (Å²) in [5, 5.41) is 4.09. The predicted octanol–water partition coefficient (Wildman–Crippen LogP) is 2.62. The van der Waals surface area contributed by atoms with Crippen molar-refractivity contribution in [3.8, 4) is 5.75 Å². The van der Waals surface area contributed by atoms with Crippen LogP contribution in [0.3, 0.4) is 0 Å². The summed E-state index contributed by atoms with van der Waals surface area (Å²) in [5.74, 6) is 0.992. The van der Waals surface area contributed by atoms with Crippen molar-refractivity contribution in [2.24, 2.45) is 10.8 Å². The van der Waals surface area contributed by atoms with Crippen LogP contribution >= 0.6 is 0 Å². The van der Waals surface area contributed by atoms with Crippen LogP contribution in [-0.4, -0.2) is 18.9 Å². The summed E-state index contributed by atoms with van der Waals surface area (Å²) >= 11 is 0. The first-order chi connectivity index (χ1) is 9.12. The van der Waals surface area contributed by atoms with Crippen LogP contribution in [0.25, 0.3) is 0 Å². The van der Waals surface area contributed by atoms with Crippen LogP contribution in [-0.2, 0) is 0 Å². The molecule has 0 spiro atoms. The zero-order chi connectivity index (χ0) is 14.3. The highest BCUT2D eigenvalue weighted by Crippen LogP contribution is 2.24. The van der Waals surface area contributed by atoms with Gasteiger partial charge in [0, 0.05) is 11.6 Å². The zero-order valence-corrected chi connectivity index (χ0v) is 11.6. The first-order valence-electron chi connectivity index (χ1n) is 6.38. The number of rotatable bonds is 6. The molecule has 1 aromatic rings. The molecule has 0 aliphatic carbocycles. The van der Waals surface area contributed by atoms with Gasteiger partial charge in [0.1, 0.15) is 5.75 Å². The quantitative estimate of drug-likeness (QED) is 0.611. The second-order valence-electron chi connectivity index (χ2n) is 4.17. The maximum Gasteiger partial charge on any atom is 0.332 e. The molecule has 5 nitrogen and oxygen atoms in total. The Morgan fingerprint density at radius 3 is 2.42 bits per heavy atom. The Morgan fingerprint density at radius 1 is 1.37 bits per heavy atom. The summed E-state index contributed by atoms with van der Waals surface area (Å²) in [5.41, 5.74) is 9.40. The topological polar surface area (TPSA) is 76.7 Å². The number of hydrazone groups is 1. The Hall–Kier alpha value is -2.04. The van der Waals surface area contributed by atoms with Crippen molar-refractivity contribution in [1.82, 2.24) is 5.43 Å². The van der Waals surface area contributed by atoms with Crippen molar-refractivity contribution < 1.29 is 9.53 Å². The second kappa shape index (κ2) is 7.41. The number of hydrogen-bond donors (Lipinski definition) is 2. The molecule has 1 aromatic carbocycles. The molecule has 2 amide bonds. The summed E-state index contributed by atoms with van der Waals surface area (Å²) < 4.78 is 5.14. The summed E-state index contributed by atoms with van der Waals surface area (Å²) in [6, 6.07) is 7.24. The van der Waals surface area contributed by atoms with Crippen molar-refractivity contribution in [2.75, 3.05) is 7.11 Å². The van der Waals surface area contributed by atoms with Gasteiger partial charge in [-0.3, -0.25) is 0 Å². The number of urea groups is 1. The molecule has 0 aliphatic rings. The van der Waals surface area contributed by atoms with Gasteiger partial charge in [-0.25, -0.2) is 10.2 Å². The maximum absolute atomic E-state index is 10.7. The largest absolute Gasteiger partial charge is 0.497 e. The van der Waals surface area contributed by atoms with Crippen molar-refractivity contribution in [1.29, 1.82) is 0 Å². The van der Waals surface area contributed by atoms with Crippen LogP contribution in [0, 0.1) is 0 Å². The van der Waals surface area contributed by atoms with E-state index in [9.17, 15) is 4.79 Å². The number of methoxy groups -OCH3 is 1. The third kappa shape index (κ3) is 4.28. The van der Waals surface area contributed by atoms with E-state index in [2.05, 4.69) is 17.5 Å². The van der Waals surface area contributed by atoms with Crippen LogP contribution in [0.4, 0.5) is 4.79 Å². The molecule has 3 N–H and O–H groups in total. The van der Waals surface area contributed by atoms with Gasteiger partial charge in [-0.2, -0.15) is 5.10 Å². The lowest BCUT2D eigenvalue weighted by atomic mass is 9.90. The third-order valence-corrected chi connectivity index (χ3v) is 3.00. The number of nitrogens with two attached hydrogens (primary N) is 1. The lowest BCUT2D eigenvalue weighted by Crippen LogP contribution is -2.27. The average Bonchev–Trinajstić information content (AvgIpc) is 2.43. The standard InChI is InChI=1S/C14H21N3O2/c1-4-12(13(5-2)16-17-14(15)18)10-6-8-11(19-3)9-7-10/h6-9,12H,4-5H2,1-3H3,(H3,15,17,18)/t12-/m0/s1. The SMILES string of the molecule is CCC(=NNC(N)=O)[C@@H](CC)c1ccc(OC)cc1. The minimum atomic E-state index is -0.643. The number of benzene rings is 1. The molecule has 0 bridgehead atoms. The van der Waals surface area contributed by atoms with Crippen LogP contribution in [0.1, 0.15) is 38.2 Å². The predicted molar refractivity (Wildman–Crippen MR) is 76.5 cm³/mol. The van der Waals surface area contributed by atoms with Crippen molar-refractivity contribution in [3.05, 3.63) is 29.8 Å². The van der Waals surface area contributed by atoms with E-state index in [1.165, 1.54) is 0 Å². The fourth-order valence-electron chi connectivity index (χ4n) is 2.03. The Morgan fingerprint density at radius 2 is 2.00 bits per heavy atom. The van der Waals surface area contributed by atoms with Crippen LogP contribution < -0.4 is 15.9 Å². The molecule has 19 heavy (non-hydrogen) atoms. The first kappa shape index (κ1) is 15.0. The van der Waals surface area contributed by atoms with Gasteiger partial charge in [0.25, 0.3) is 0 Å². The lowest BCUT2D eigenvalue weighted by molar-refractivity contribution is 0.249. The number of carbonyl (C=O) groups excluding carboxylic acids is 1. The molecule has 0 aromatic heterocycles. The second-order valence-corrected chi connectivity index (χ2v) is 4.17. The fourth-order valence-corrected chi connectivity index (χ4v) is 2.03. The van der Waals surface area contributed by atoms with Gasteiger partial charge in [0.2, 0.25) is 0 Å². The van der Waals surface area contributed by atoms with Gasteiger partial charge in [-0.1, -0.05) is 26.0 Å². The van der Waals surface area contributed by atoms with E-state index in [-0.39, 0.29) is 5.92 Å². The number of nitrogens with zero attached hydrogens (tertiary/aromatic N) is 1. The Kier molecular flexibility index (Phi) is 5.85. The highest BCUT2D eigenvalue weighted by molar-refractivity contribution is 5.91. The molecule has 1 rings (SSSR count). The van der Waals surface area contributed by atoms with Crippen molar-refractivity contribution in [3.63, 3.8) is 0 Å². The van der Waals surface area contributed by atoms with Crippen LogP contribution in [0.5, 0.6) is 5.75 Å². The summed E-state index contributed by atoms with van der Waals surface area (Å²) in [6.07, 6.45) is 1.66. The summed E-state index contributed by atoms with van der Waals surface area (Å²) in [6.45, 7) is 4.10. The van der Waals surface area contributed by atoms with E-state index in [0.717, 1.165) is 29.9 Å². The Bertz CT molecular complexity index is 441. The lowest BCUT2D eigenvalue weighted by Gasteiger charge is -2.17. The number of nitrogens with one attached hydrogen (secondary N) is 1. The van der Waals surface area contributed by atoms with Crippen LogP contribution in [0.15, 0.2) is 29.4 Å². The Labute approximate surface area is 113 Å². The van der Waals surface area contributed by atoms with Gasteiger partial charge >= 0.3 is 6.03 Å². The number of amides is 2. The summed E-state index contributed by atoms with van der Waals surface area (Å²) in [7, 11) is 1.64. The molecular weight excluding hydrogens is 242 g/mol. The normalized spacial score (nSPS) is 12.9. The molecule has 0 saturated carbocycles. The van der Waals surface area contributed by atoms with E-state index in [1.54, 1.807) is 7.11 Å². The minimum Gasteiger partial charge on any atom is -0.497 e. The molecule has 5 heteroatoms. The van der Waals surface area contributed by atoms with Gasteiger partial charge < -0.3 is 10.5 Å². The highest BCUT2D eigenvalue weighted by Gasteiger charge is 2.15. The van der Waals surface area contributed by atoms with Gasteiger partial charge in [0.15, 0.2) is 0 Å². The smallest absolute Gasteiger partial charge is 0.332 e. The highest BCUT2D eigenvalue weighted by atomic mass is 16.5. The van der Waals surface area contributed by atoms with Crippen LogP contribution in [0.2, 0.25) is 0 Å². The molecule has 0 unspecified atom stereocenters. The van der Waals surface area contributed by atoms with E-state index in [0.29, 0.717) is 0 Å². The molecule has 0 radical (unpaired) electrons. The molecule has 104 valence electrons. The fraction of sp³-hybridized carbons (Fsp3) is 0.429. The van der Waals surface area contributed by atoms with Gasteiger partial charge in [-0.05, 0) is 30.5 Å². The molecule has 0 saturated heterocycles. The minimum absolute atomic E-state index is 0.169. The van der Waals surface area contributed by atoms with Crippen molar-refractivity contribution in [2.45, 2.75) is 32.6 Å². The molecular formula is C14H21N3O2. The number of carbonyl (C=O) groups is 1.